The molecule has 0 atom stereocenters. The predicted octanol–water partition coefficient (Wildman–Crippen LogP) is 9.50. The number of pyridine rings is 1. The number of fused-ring (bicyclic) bond motifs is 6. The lowest BCUT2D eigenvalue weighted by Crippen LogP contribution is -2.34. The maximum Gasteiger partial charge on any atom is 0.333 e. The number of para-hydroxylation sites is 7. The predicted molar refractivity (Wildman–Crippen MR) is 371 cm³/mol. The molecule has 9 aromatic rings. The third-order valence-corrected chi connectivity index (χ3v) is 15.4. The van der Waals surface area contributed by atoms with Crippen LogP contribution >= 0.6 is 0 Å². The minimum atomic E-state index is -0.631. The molecule has 10 rings (SSSR count). The van der Waals surface area contributed by atoms with Crippen molar-refractivity contribution in [1.29, 1.82) is 0 Å². The Morgan fingerprint density at radius 3 is 1.44 bits per heavy atom. The Morgan fingerprint density at radius 2 is 0.896 bits per heavy atom. The van der Waals surface area contributed by atoms with Gasteiger partial charge in [0.05, 0.1) is 77.9 Å². The topological polar surface area (TPSA) is 264 Å². The Labute approximate surface area is 563 Å². The summed E-state index contributed by atoms with van der Waals surface area (Å²) in [6.07, 6.45) is 3.85. The zero-order valence-electron chi connectivity index (χ0n) is 54.4. The third-order valence-electron chi connectivity index (χ3n) is 15.4. The molecule has 0 spiro atoms. The minimum Gasteiger partial charge on any atom is -0.493 e. The van der Waals surface area contributed by atoms with Crippen LogP contribution in [-0.2, 0) is 67.4 Å². The summed E-state index contributed by atoms with van der Waals surface area (Å²) in [7, 11) is 0. The average Bonchev–Trinajstić information content (AvgIpc) is 0.892. The first-order valence-electron chi connectivity index (χ1n) is 32.8. The highest BCUT2D eigenvalue weighted by Gasteiger charge is 2.33. The van der Waals surface area contributed by atoms with E-state index in [0.29, 0.717) is 141 Å². The Hall–Kier alpha value is -8.90. The monoisotopic (exact) mass is 1320 g/mol. The first kappa shape index (κ1) is 76.1. The number of aryl methyl sites for hydroxylation is 3. The highest BCUT2D eigenvalue weighted by Crippen LogP contribution is 2.29. The van der Waals surface area contributed by atoms with Crippen LogP contribution in [-0.4, -0.2) is 137 Å². The van der Waals surface area contributed by atoms with Crippen LogP contribution in [0, 0.1) is 0 Å². The van der Waals surface area contributed by atoms with Gasteiger partial charge in [0.1, 0.15) is 42.2 Å². The summed E-state index contributed by atoms with van der Waals surface area (Å²) in [6.45, 7) is 15.8. The van der Waals surface area contributed by atoms with E-state index in [1.54, 1.807) is 0 Å². The molecule has 22 nitrogen and oxygen atoms in total. The number of ketones is 1. The van der Waals surface area contributed by atoms with Crippen LogP contribution in [0.3, 0.4) is 0 Å². The Bertz CT molecular complexity index is 3790. The molecule has 1 fully saturated rings. The summed E-state index contributed by atoms with van der Waals surface area (Å²) in [6, 6.07) is 44.5. The van der Waals surface area contributed by atoms with Crippen LogP contribution in [0.2, 0.25) is 0 Å². The van der Waals surface area contributed by atoms with Gasteiger partial charge in [-0.2, -0.15) is 13.7 Å². The second-order valence-corrected chi connectivity index (χ2v) is 22.0. The lowest BCUT2D eigenvalue weighted by atomic mass is 10.1. The van der Waals surface area contributed by atoms with Gasteiger partial charge in [-0.25, -0.2) is 14.8 Å². The minimum absolute atomic E-state index is 0. The summed E-state index contributed by atoms with van der Waals surface area (Å²) in [5.74, 6) is 0.796. The van der Waals surface area contributed by atoms with Gasteiger partial charge in [0, 0.05) is 100 Å². The van der Waals surface area contributed by atoms with E-state index in [9.17, 15) is 24.0 Å². The van der Waals surface area contributed by atoms with E-state index in [2.05, 4.69) is 88.3 Å². The molecule has 0 aliphatic carbocycles. The number of amides is 3. The summed E-state index contributed by atoms with van der Waals surface area (Å²) in [5, 5.41) is 5.71. The molecule has 22 heteroatoms. The zero-order valence-corrected chi connectivity index (χ0v) is 54.4. The van der Waals surface area contributed by atoms with Crippen molar-refractivity contribution in [3.8, 4) is 17.2 Å². The number of aromatic nitrogens is 5. The van der Waals surface area contributed by atoms with Gasteiger partial charge < -0.3 is 54.8 Å². The van der Waals surface area contributed by atoms with Crippen LogP contribution in [0.1, 0.15) is 99.8 Å². The molecule has 1 saturated heterocycles. The number of Topliss-reactive ketones (excluding diaryl/α,β-unsaturated/α-hetero) is 1. The molecule has 514 valence electrons. The van der Waals surface area contributed by atoms with Crippen LogP contribution < -0.4 is 44.7 Å². The van der Waals surface area contributed by atoms with Gasteiger partial charge >= 0.3 is 5.97 Å². The van der Waals surface area contributed by atoms with Crippen molar-refractivity contribution in [3.63, 3.8) is 0 Å². The van der Waals surface area contributed by atoms with E-state index in [1.807, 2.05) is 84.9 Å². The Kier molecular flexibility index (Phi) is 32.6. The van der Waals surface area contributed by atoms with Gasteiger partial charge in [0.15, 0.2) is 22.5 Å². The fourth-order valence-electron chi connectivity index (χ4n) is 10.9. The number of benzene rings is 6. The highest BCUT2D eigenvalue weighted by atomic mass is 16.7. The number of carbonyl (C=O) groups is 5. The molecular weight excluding hydrogens is 1220 g/mol. The fraction of sp³-hybridized carbons (Fsp3) is 0.432. The van der Waals surface area contributed by atoms with Gasteiger partial charge in [-0.3, -0.25) is 19.2 Å². The first-order chi connectivity index (χ1) is 46.1. The molecule has 3 amide bonds. The van der Waals surface area contributed by atoms with E-state index in [0.717, 1.165) is 86.2 Å². The molecule has 96 heavy (non-hydrogen) atoms. The maximum atomic E-state index is 12.4. The maximum absolute atomic E-state index is 12.4. The number of imide groups is 1. The van der Waals surface area contributed by atoms with Crippen molar-refractivity contribution in [2.24, 2.45) is 11.5 Å². The molecular formula is C74H98N9O13+3. The molecule has 0 bridgehead atoms. The standard InChI is InChI=1S/C44H51N4O6.C22H22N3O5.C6H16N2O2.2CH4/c1-3-47-37-18-7-5-14-33(37)32-35-38(47)20-9-22-41(35)53-28-13-24-43(50)45-25-29-52-31-30-51-26-11-15-34(49)16-12-27-54-42-23-10-21-40-44(42)46-36-17-6-8-19-39(36)48(40)4-2;1-2-24-16-8-4-3-7-15(16)23-22-17(24)9-5-10-18(22)29-14-6-11-21(28)30-25-19(26)12-13-20(25)27;7-1-3-9-5-6-10-4-2-8;;/h5-10,14,17-23,32H,3-4,11-13,15-16,24-31H2,1-2H3;3-5,7-10H,2,6,11-14H2,1H3;1-8H2;2*1H4/q2*+1;;;/p+1. The largest absolute Gasteiger partial charge is 0.493 e. The normalized spacial score (nSPS) is 11.9. The van der Waals surface area contributed by atoms with E-state index in [1.165, 1.54) is 10.9 Å². The number of nitrogens with zero attached hydrogens (tertiary/aromatic N) is 6. The summed E-state index contributed by atoms with van der Waals surface area (Å²) < 4.78 is 46.2. The molecule has 1 aliphatic rings. The lowest BCUT2D eigenvalue weighted by molar-refractivity contribution is -0.642. The molecule has 4 heterocycles. The van der Waals surface area contributed by atoms with E-state index >= 15 is 0 Å². The van der Waals surface area contributed by atoms with E-state index in [-0.39, 0.29) is 52.4 Å². The van der Waals surface area contributed by atoms with Gasteiger partial charge in [0.2, 0.25) is 39.0 Å². The van der Waals surface area contributed by atoms with Crippen molar-refractivity contribution in [2.45, 2.75) is 119 Å². The SMILES string of the molecule is C.C.CC[n+]1c2ccccc2cc2c(OCCCC(=O)NCCOCCOCCCC(=O)CCCOc3cccc4c3nc3ccccc3[n+]4CC)cccc21.CC[n+]1c2ccccc2nc2c(OCCCC(=O)ON3C(=O)CCC3=O)cccc21.NCCOCCOCCN. The van der Waals surface area contributed by atoms with Crippen LogP contribution in [0.15, 0.2) is 133 Å². The number of nitrogens with two attached hydrogens (primary N) is 2. The molecule has 6 aromatic carbocycles. The smallest absolute Gasteiger partial charge is 0.333 e. The number of hydroxylamine groups is 2. The van der Waals surface area contributed by atoms with E-state index < -0.39 is 17.8 Å². The number of nitrogens with one attached hydrogen (secondary N) is 1. The fourth-order valence-corrected chi connectivity index (χ4v) is 10.9. The van der Waals surface area contributed by atoms with Gasteiger partial charge in [0.25, 0.3) is 11.8 Å². The van der Waals surface area contributed by atoms with Crippen molar-refractivity contribution in [2.75, 3.05) is 92.3 Å². The molecule has 1 aliphatic heterocycles. The second-order valence-electron chi connectivity index (χ2n) is 22.0. The summed E-state index contributed by atoms with van der Waals surface area (Å²) in [4.78, 5) is 74.2. The first-order valence-corrected chi connectivity index (χ1v) is 32.8. The van der Waals surface area contributed by atoms with Gasteiger partial charge in [-0.15, -0.1) is 5.06 Å². The molecule has 0 unspecified atom stereocenters. The third kappa shape index (κ3) is 21.8. The Morgan fingerprint density at radius 1 is 0.469 bits per heavy atom. The summed E-state index contributed by atoms with van der Waals surface area (Å²) in [5.41, 5.74) is 20.3. The molecule has 5 N–H and O–H groups in total. The molecule has 0 saturated carbocycles. The lowest BCUT2D eigenvalue weighted by Gasteiger charge is -2.12. The van der Waals surface area contributed by atoms with Crippen molar-refractivity contribution < 1.29 is 75.7 Å². The van der Waals surface area contributed by atoms with E-state index in [4.69, 9.17) is 59.4 Å². The average molecular weight is 1320 g/mol. The second kappa shape index (κ2) is 41.1. The summed E-state index contributed by atoms with van der Waals surface area (Å²) >= 11 is 0. The van der Waals surface area contributed by atoms with Crippen LogP contribution in [0.5, 0.6) is 17.2 Å². The molecule has 0 radical (unpaired) electrons. The Balaban J connectivity index is 0.000000290. The zero-order chi connectivity index (χ0) is 66.3. The van der Waals surface area contributed by atoms with Crippen LogP contribution in [0.4, 0.5) is 0 Å². The highest BCUT2D eigenvalue weighted by molar-refractivity contribution is 6.01. The number of rotatable bonds is 36. The molecule has 3 aromatic heterocycles. The van der Waals surface area contributed by atoms with Gasteiger partial charge in [-0.1, -0.05) is 69.5 Å². The number of hydrogen-bond acceptors (Lipinski definition) is 17. The number of ether oxygens (including phenoxy) is 7. The van der Waals surface area contributed by atoms with Crippen molar-refractivity contribution in [1.82, 2.24) is 20.3 Å². The van der Waals surface area contributed by atoms with Crippen molar-refractivity contribution in [3.05, 3.63) is 133 Å². The van der Waals surface area contributed by atoms with Crippen molar-refractivity contribution >= 4 is 95.4 Å². The quantitative estimate of drug-likeness (QED) is 0.0143. The van der Waals surface area contributed by atoms with Gasteiger partial charge in [-0.05, 0) is 88.9 Å². The van der Waals surface area contributed by atoms with Crippen LogP contribution in [0.25, 0.3) is 65.9 Å². The number of carbonyl (C=O) groups excluding carboxylic acids is 5. The number of hydrogen-bond donors (Lipinski definition) is 3.